The number of piperidine rings is 1. The fourth-order valence-corrected chi connectivity index (χ4v) is 3.15. The molecule has 1 aromatic rings. The first-order valence-electron chi connectivity index (χ1n) is 7.53. The number of hydrogen-bond acceptors (Lipinski definition) is 2. The third kappa shape index (κ3) is 3.19. The van der Waals surface area contributed by atoms with Crippen LogP contribution >= 0.6 is 0 Å². The second-order valence-electron chi connectivity index (χ2n) is 5.90. The highest BCUT2D eigenvalue weighted by molar-refractivity contribution is 5.33. The van der Waals surface area contributed by atoms with Crippen LogP contribution in [0.5, 0.6) is 0 Å². The van der Waals surface area contributed by atoms with Crippen LogP contribution in [0.1, 0.15) is 50.7 Å². The summed E-state index contributed by atoms with van der Waals surface area (Å²) in [4.78, 5) is 2.31. The average Bonchev–Trinajstić information content (AvgIpc) is 2.50. The zero-order valence-electron chi connectivity index (χ0n) is 12.5. The van der Waals surface area contributed by atoms with E-state index >= 15 is 0 Å². The maximum absolute atomic E-state index is 13.8. The van der Waals surface area contributed by atoms with Gasteiger partial charge in [0.2, 0.25) is 0 Å². The first kappa shape index (κ1) is 15.0. The minimum absolute atomic E-state index is 0.202. The second kappa shape index (κ2) is 6.37. The number of nitrogens with zero attached hydrogens (tertiary/aromatic N) is 2. The average molecular weight is 274 g/mol. The molecule has 0 saturated carbocycles. The highest BCUT2D eigenvalue weighted by Gasteiger charge is 2.31. The summed E-state index contributed by atoms with van der Waals surface area (Å²) >= 11 is 0. The van der Waals surface area contributed by atoms with Crippen molar-refractivity contribution in [1.29, 1.82) is 5.26 Å². The van der Waals surface area contributed by atoms with Gasteiger partial charge in [-0.25, -0.2) is 4.39 Å². The Morgan fingerprint density at radius 2 is 1.90 bits per heavy atom. The zero-order chi connectivity index (χ0) is 14.6. The van der Waals surface area contributed by atoms with E-state index in [1.54, 1.807) is 6.07 Å². The maximum atomic E-state index is 13.8. The summed E-state index contributed by atoms with van der Waals surface area (Å²) in [7, 11) is 0. The number of halogens is 1. The molecule has 1 saturated heterocycles. The van der Waals surface area contributed by atoms with Gasteiger partial charge in [-0.2, -0.15) is 5.26 Å². The summed E-state index contributed by atoms with van der Waals surface area (Å²) in [5.74, 6) is -0.202. The van der Waals surface area contributed by atoms with Crippen LogP contribution in [0.15, 0.2) is 18.2 Å². The quantitative estimate of drug-likeness (QED) is 0.826. The summed E-state index contributed by atoms with van der Waals surface area (Å²) in [6.07, 6.45) is 4.85. The van der Waals surface area contributed by atoms with Gasteiger partial charge in [0.1, 0.15) is 5.82 Å². The molecule has 0 N–H and O–H groups in total. The third-order valence-electron chi connectivity index (χ3n) is 4.99. The molecule has 0 spiro atoms. The van der Waals surface area contributed by atoms with Gasteiger partial charge in [0.15, 0.2) is 0 Å². The lowest BCUT2D eigenvalue weighted by Crippen LogP contribution is -2.39. The summed E-state index contributed by atoms with van der Waals surface area (Å²) in [5.41, 5.74) is 1.67. The van der Waals surface area contributed by atoms with Crippen molar-refractivity contribution in [3.8, 4) is 6.07 Å². The molecule has 1 heterocycles. The molecule has 0 atom stereocenters. The molecule has 108 valence electrons. The van der Waals surface area contributed by atoms with Crippen LogP contribution in [-0.4, -0.2) is 18.0 Å². The molecular weight excluding hydrogens is 251 g/mol. The minimum Gasteiger partial charge on any atom is -0.299 e. The van der Waals surface area contributed by atoms with Crippen molar-refractivity contribution < 1.29 is 4.39 Å². The SMILES string of the molecule is CCC1(CC)CCN(Cc2cc(C#N)ccc2F)CC1. The fourth-order valence-electron chi connectivity index (χ4n) is 3.15. The highest BCUT2D eigenvalue weighted by Crippen LogP contribution is 2.38. The van der Waals surface area contributed by atoms with Gasteiger partial charge in [0.25, 0.3) is 0 Å². The van der Waals surface area contributed by atoms with Gasteiger partial charge in [-0.05, 0) is 49.5 Å². The number of hydrogen-bond donors (Lipinski definition) is 0. The monoisotopic (exact) mass is 274 g/mol. The Morgan fingerprint density at radius 1 is 1.25 bits per heavy atom. The van der Waals surface area contributed by atoms with Crippen LogP contribution < -0.4 is 0 Å². The summed E-state index contributed by atoms with van der Waals surface area (Å²) in [5, 5.41) is 8.91. The first-order valence-corrected chi connectivity index (χ1v) is 7.53. The Morgan fingerprint density at radius 3 is 2.45 bits per heavy atom. The number of benzene rings is 1. The van der Waals surface area contributed by atoms with Crippen LogP contribution in [-0.2, 0) is 6.54 Å². The molecule has 0 amide bonds. The largest absolute Gasteiger partial charge is 0.299 e. The Labute approximate surface area is 121 Å². The van der Waals surface area contributed by atoms with Crippen molar-refractivity contribution in [3.63, 3.8) is 0 Å². The molecule has 2 rings (SSSR count). The third-order valence-corrected chi connectivity index (χ3v) is 4.99. The van der Waals surface area contributed by atoms with Gasteiger partial charge in [-0.15, -0.1) is 0 Å². The summed E-state index contributed by atoms with van der Waals surface area (Å²) in [6, 6.07) is 6.69. The summed E-state index contributed by atoms with van der Waals surface area (Å²) < 4.78 is 13.8. The van der Waals surface area contributed by atoms with Gasteiger partial charge in [-0.3, -0.25) is 4.90 Å². The molecule has 1 aliphatic heterocycles. The zero-order valence-corrected chi connectivity index (χ0v) is 12.5. The van der Waals surface area contributed by atoms with Gasteiger partial charge in [0.05, 0.1) is 11.6 Å². The molecule has 1 aliphatic rings. The van der Waals surface area contributed by atoms with Gasteiger partial charge in [-0.1, -0.05) is 26.7 Å². The Bertz CT molecular complexity index is 490. The molecule has 0 unspecified atom stereocenters. The molecule has 20 heavy (non-hydrogen) atoms. The van der Waals surface area contributed by atoms with E-state index in [0.29, 0.717) is 23.1 Å². The highest BCUT2D eigenvalue weighted by atomic mass is 19.1. The van der Waals surface area contributed by atoms with Crippen molar-refractivity contribution in [2.45, 2.75) is 46.1 Å². The van der Waals surface area contributed by atoms with E-state index in [0.717, 1.165) is 13.1 Å². The van der Waals surface area contributed by atoms with E-state index < -0.39 is 0 Å². The predicted octanol–water partition coefficient (Wildman–Crippen LogP) is 4.10. The van der Waals surface area contributed by atoms with Gasteiger partial charge >= 0.3 is 0 Å². The molecule has 0 bridgehead atoms. The van der Waals surface area contributed by atoms with Gasteiger partial charge < -0.3 is 0 Å². The van der Waals surface area contributed by atoms with Gasteiger partial charge in [0, 0.05) is 12.1 Å². The number of nitriles is 1. The Kier molecular flexibility index (Phi) is 4.77. The minimum atomic E-state index is -0.202. The van der Waals surface area contributed by atoms with Crippen molar-refractivity contribution in [1.82, 2.24) is 4.90 Å². The normalized spacial score (nSPS) is 18.7. The Balaban J connectivity index is 2.01. The molecule has 0 aromatic heterocycles. The second-order valence-corrected chi connectivity index (χ2v) is 5.90. The fraction of sp³-hybridized carbons (Fsp3) is 0.588. The Hall–Kier alpha value is -1.40. The van der Waals surface area contributed by atoms with Crippen LogP contribution in [0.4, 0.5) is 4.39 Å². The van der Waals surface area contributed by atoms with E-state index in [4.69, 9.17) is 5.26 Å². The molecule has 1 aromatic carbocycles. The molecule has 1 fully saturated rings. The van der Waals surface area contributed by atoms with Crippen molar-refractivity contribution in [2.75, 3.05) is 13.1 Å². The molecule has 0 radical (unpaired) electrons. The molecule has 2 nitrogen and oxygen atoms in total. The van der Waals surface area contributed by atoms with Crippen LogP contribution in [0, 0.1) is 22.6 Å². The van der Waals surface area contributed by atoms with Crippen LogP contribution in [0.3, 0.4) is 0 Å². The summed E-state index contributed by atoms with van der Waals surface area (Å²) in [6.45, 7) is 7.21. The van der Waals surface area contributed by atoms with E-state index in [2.05, 4.69) is 24.8 Å². The van der Waals surface area contributed by atoms with Crippen molar-refractivity contribution in [3.05, 3.63) is 35.1 Å². The lowest BCUT2D eigenvalue weighted by Gasteiger charge is -2.41. The van der Waals surface area contributed by atoms with E-state index in [1.807, 2.05) is 0 Å². The van der Waals surface area contributed by atoms with E-state index in [-0.39, 0.29) is 5.82 Å². The molecule has 0 aliphatic carbocycles. The molecular formula is C17H23FN2. The van der Waals surface area contributed by atoms with E-state index in [9.17, 15) is 4.39 Å². The number of rotatable bonds is 4. The molecule has 3 heteroatoms. The van der Waals surface area contributed by atoms with Crippen molar-refractivity contribution >= 4 is 0 Å². The van der Waals surface area contributed by atoms with Crippen molar-refractivity contribution in [2.24, 2.45) is 5.41 Å². The maximum Gasteiger partial charge on any atom is 0.127 e. The van der Waals surface area contributed by atoms with E-state index in [1.165, 1.54) is 37.8 Å². The van der Waals surface area contributed by atoms with Crippen LogP contribution in [0.25, 0.3) is 0 Å². The topological polar surface area (TPSA) is 27.0 Å². The smallest absolute Gasteiger partial charge is 0.127 e. The lowest BCUT2D eigenvalue weighted by molar-refractivity contribution is 0.0902. The lowest BCUT2D eigenvalue weighted by atomic mass is 9.74. The standard InChI is InChI=1S/C17H23FN2/c1-3-17(4-2)7-9-20(10-8-17)13-15-11-14(12-19)5-6-16(15)18/h5-6,11H,3-4,7-10,13H2,1-2H3. The predicted molar refractivity (Wildman–Crippen MR) is 78.6 cm³/mol. The number of likely N-dealkylation sites (tertiary alicyclic amines) is 1. The van der Waals surface area contributed by atoms with Crippen LogP contribution in [0.2, 0.25) is 0 Å². The first-order chi connectivity index (χ1) is 9.62.